The van der Waals surface area contributed by atoms with Crippen molar-refractivity contribution in [2.75, 3.05) is 7.11 Å². The van der Waals surface area contributed by atoms with Crippen molar-refractivity contribution in [1.29, 1.82) is 0 Å². The second-order valence-electron chi connectivity index (χ2n) is 3.20. The first-order valence-corrected chi connectivity index (χ1v) is 4.55. The summed E-state index contributed by atoms with van der Waals surface area (Å²) in [5.41, 5.74) is 1.48. The lowest BCUT2D eigenvalue weighted by atomic mass is 10.1. The molecule has 0 aliphatic rings. The Kier molecular flexibility index (Phi) is 2.40. The first-order chi connectivity index (χ1) is 7.67. The van der Waals surface area contributed by atoms with Crippen molar-refractivity contribution in [3.8, 4) is 0 Å². The highest BCUT2D eigenvalue weighted by Gasteiger charge is 2.16. The summed E-state index contributed by atoms with van der Waals surface area (Å²) in [5, 5.41) is 8.06. The quantitative estimate of drug-likeness (QED) is 0.545. The fraction of sp³-hybridized carbons (Fsp3) is 0.200. The lowest BCUT2D eigenvalue weighted by Crippen LogP contribution is -2.03. The molecule has 0 N–H and O–H groups in total. The Hall–Kier alpha value is -2.24. The highest BCUT2D eigenvalue weighted by molar-refractivity contribution is 6.05. The predicted octanol–water partition coefficient (Wildman–Crippen LogP) is 0.567. The molecule has 0 atom stereocenters. The van der Waals surface area contributed by atoms with Gasteiger partial charge in [0.05, 0.1) is 12.7 Å². The Labute approximate surface area is 90.8 Å². The smallest absolute Gasteiger partial charge is 0.340 e. The topological polar surface area (TPSA) is 74.1 Å². The molecule has 0 saturated heterocycles. The number of carbonyl (C=O) groups is 2. The van der Waals surface area contributed by atoms with Gasteiger partial charge in [0, 0.05) is 12.6 Å². The number of aldehydes is 1. The van der Waals surface area contributed by atoms with Gasteiger partial charge in [-0.1, -0.05) is 0 Å². The normalized spacial score (nSPS) is 10.4. The van der Waals surface area contributed by atoms with Crippen molar-refractivity contribution in [3.05, 3.63) is 23.3 Å². The average Bonchev–Trinajstić information content (AvgIpc) is 2.67. The zero-order chi connectivity index (χ0) is 11.7. The lowest BCUT2D eigenvalue weighted by molar-refractivity contribution is 0.0602. The second kappa shape index (κ2) is 3.73. The van der Waals surface area contributed by atoms with Crippen LogP contribution in [0.3, 0.4) is 0 Å². The number of ether oxygens (including phenoxy) is 1. The maximum absolute atomic E-state index is 11.4. The van der Waals surface area contributed by atoms with Gasteiger partial charge in [-0.05, 0) is 12.1 Å². The Morgan fingerprint density at radius 3 is 2.69 bits per heavy atom. The van der Waals surface area contributed by atoms with Crippen molar-refractivity contribution in [2.24, 2.45) is 7.05 Å². The predicted molar refractivity (Wildman–Crippen MR) is 55.2 cm³/mol. The summed E-state index contributed by atoms with van der Waals surface area (Å²) < 4.78 is 4.62. The lowest BCUT2D eigenvalue weighted by Gasteiger charge is -1.99. The van der Waals surface area contributed by atoms with Crippen LogP contribution in [0.15, 0.2) is 12.1 Å². The van der Waals surface area contributed by atoms with E-state index in [-0.39, 0.29) is 0 Å². The molecule has 0 bridgehead atoms. The highest BCUT2D eigenvalue weighted by atomic mass is 16.5. The summed E-state index contributed by atoms with van der Waals surface area (Å²) in [4.78, 5) is 23.5. The van der Waals surface area contributed by atoms with E-state index in [0.717, 1.165) is 0 Å². The van der Waals surface area contributed by atoms with E-state index in [1.807, 2.05) is 0 Å². The molecule has 2 aromatic rings. The van der Waals surface area contributed by atoms with Crippen molar-refractivity contribution in [1.82, 2.24) is 15.0 Å². The van der Waals surface area contributed by atoms with Crippen molar-refractivity contribution in [2.45, 2.75) is 0 Å². The number of rotatable bonds is 2. The SMILES string of the molecule is COC(=O)c1ccc(C=O)c2nn(C)nc12. The van der Waals surface area contributed by atoms with Crippen LogP contribution in [-0.4, -0.2) is 34.4 Å². The largest absolute Gasteiger partial charge is 0.465 e. The molecule has 0 radical (unpaired) electrons. The van der Waals surface area contributed by atoms with E-state index in [0.29, 0.717) is 28.4 Å². The average molecular weight is 219 g/mol. The molecule has 6 nitrogen and oxygen atoms in total. The Balaban J connectivity index is 2.78. The molecular weight excluding hydrogens is 210 g/mol. The van der Waals surface area contributed by atoms with Gasteiger partial charge in [-0.25, -0.2) is 4.79 Å². The number of methoxy groups -OCH3 is 1. The first-order valence-electron chi connectivity index (χ1n) is 4.55. The van der Waals surface area contributed by atoms with E-state index in [1.165, 1.54) is 24.0 Å². The van der Waals surface area contributed by atoms with Gasteiger partial charge < -0.3 is 4.74 Å². The number of nitrogens with zero attached hydrogens (tertiary/aromatic N) is 3. The number of benzene rings is 1. The van der Waals surface area contributed by atoms with Gasteiger partial charge in [0.15, 0.2) is 6.29 Å². The molecule has 16 heavy (non-hydrogen) atoms. The number of esters is 1. The van der Waals surface area contributed by atoms with Crippen molar-refractivity contribution < 1.29 is 14.3 Å². The zero-order valence-corrected chi connectivity index (χ0v) is 8.80. The minimum atomic E-state index is -0.497. The summed E-state index contributed by atoms with van der Waals surface area (Å²) in [6, 6.07) is 3.03. The van der Waals surface area contributed by atoms with Gasteiger partial charge in [-0.3, -0.25) is 4.79 Å². The summed E-state index contributed by atoms with van der Waals surface area (Å²) >= 11 is 0. The van der Waals surface area contributed by atoms with E-state index >= 15 is 0 Å². The van der Waals surface area contributed by atoms with E-state index in [1.54, 1.807) is 7.05 Å². The van der Waals surface area contributed by atoms with Crippen LogP contribution in [-0.2, 0) is 11.8 Å². The van der Waals surface area contributed by atoms with Crippen LogP contribution in [0.25, 0.3) is 11.0 Å². The molecule has 82 valence electrons. The molecule has 0 aliphatic heterocycles. The van der Waals surface area contributed by atoms with Gasteiger partial charge in [-0.2, -0.15) is 15.0 Å². The van der Waals surface area contributed by atoms with Crippen LogP contribution < -0.4 is 0 Å². The summed E-state index contributed by atoms with van der Waals surface area (Å²) in [7, 11) is 2.91. The maximum atomic E-state index is 11.4. The third-order valence-electron chi connectivity index (χ3n) is 2.20. The van der Waals surface area contributed by atoms with Crippen LogP contribution in [0.2, 0.25) is 0 Å². The molecule has 1 aromatic heterocycles. The van der Waals surface area contributed by atoms with Crippen molar-refractivity contribution in [3.63, 3.8) is 0 Å². The summed E-state index contributed by atoms with van der Waals surface area (Å²) in [5.74, 6) is -0.497. The Morgan fingerprint density at radius 1 is 1.38 bits per heavy atom. The van der Waals surface area contributed by atoms with Gasteiger partial charge in [0.25, 0.3) is 0 Å². The molecule has 0 spiro atoms. The number of carbonyl (C=O) groups excluding carboxylic acids is 2. The van der Waals surface area contributed by atoms with E-state index in [2.05, 4.69) is 14.9 Å². The van der Waals surface area contributed by atoms with Gasteiger partial charge in [-0.15, -0.1) is 0 Å². The van der Waals surface area contributed by atoms with E-state index in [9.17, 15) is 9.59 Å². The van der Waals surface area contributed by atoms with Gasteiger partial charge >= 0.3 is 5.97 Å². The maximum Gasteiger partial charge on any atom is 0.340 e. The fourth-order valence-electron chi connectivity index (χ4n) is 1.48. The van der Waals surface area contributed by atoms with Crippen LogP contribution in [0.4, 0.5) is 0 Å². The number of fused-ring (bicyclic) bond motifs is 1. The molecule has 0 aliphatic carbocycles. The second-order valence-corrected chi connectivity index (χ2v) is 3.20. The number of hydrogen-bond donors (Lipinski definition) is 0. The third-order valence-corrected chi connectivity index (χ3v) is 2.20. The van der Waals surface area contributed by atoms with Gasteiger partial charge in [0.1, 0.15) is 11.0 Å². The Bertz CT molecular complexity index is 574. The van der Waals surface area contributed by atoms with Gasteiger partial charge in [0.2, 0.25) is 0 Å². The molecule has 1 aromatic carbocycles. The van der Waals surface area contributed by atoms with Crippen LogP contribution >= 0.6 is 0 Å². The zero-order valence-electron chi connectivity index (χ0n) is 8.80. The van der Waals surface area contributed by atoms with Crippen molar-refractivity contribution >= 4 is 23.3 Å². The van der Waals surface area contributed by atoms with Crippen LogP contribution in [0.5, 0.6) is 0 Å². The number of aromatic nitrogens is 3. The molecule has 2 rings (SSSR count). The number of aryl methyl sites for hydroxylation is 1. The Morgan fingerprint density at radius 2 is 2.06 bits per heavy atom. The summed E-state index contributed by atoms with van der Waals surface area (Å²) in [6.07, 6.45) is 0.679. The van der Waals surface area contributed by atoms with Crippen LogP contribution in [0, 0.1) is 0 Å². The molecule has 1 heterocycles. The minimum absolute atomic E-state index is 0.302. The standard InChI is InChI=1S/C10H9N3O3/c1-13-11-8-6(5-14)3-4-7(9(8)12-13)10(15)16-2/h3-5H,1-2H3. The summed E-state index contributed by atoms with van der Waals surface area (Å²) in [6.45, 7) is 0. The molecule has 0 saturated carbocycles. The number of hydrogen-bond acceptors (Lipinski definition) is 5. The molecule has 0 unspecified atom stereocenters. The minimum Gasteiger partial charge on any atom is -0.465 e. The van der Waals surface area contributed by atoms with E-state index in [4.69, 9.17) is 0 Å². The molecule has 0 fully saturated rings. The molecule has 0 amide bonds. The van der Waals surface area contributed by atoms with E-state index < -0.39 is 5.97 Å². The van der Waals surface area contributed by atoms with Crippen LogP contribution in [0.1, 0.15) is 20.7 Å². The monoisotopic (exact) mass is 219 g/mol. The fourth-order valence-corrected chi connectivity index (χ4v) is 1.48. The third kappa shape index (κ3) is 1.44. The molecule has 6 heteroatoms. The molecular formula is C10H9N3O3. The highest BCUT2D eigenvalue weighted by Crippen LogP contribution is 2.18. The first kappa shape index (κ1) is 10.3.